The summed E-state index contributed by atoms with van der Waals surface area (Å²) in [4.78, 5) is 24.8. The first-order chi connectivity index (χ1) is 15.3. The number of hydrogen-bond donors (Lipinski definition) is 1. The number of carbonyl (C=O) groups is 1. The molecule has 0 aliphatic carbocycles. The maximum Gasteiger partial charge on any atom is 0.272 e. The van der Waals surface area contributed by atoms with Crippen molar-refractivity contribution >= 4 is 50.3 Å². The molecular weight excluding hydrogens is 476 g/mol. The van der Waals surface area contributed by atoms with Crippen LogP contribution < -0.4 is 10.2 Å². The van der Waals surface area contributed by atoms with Gasteiger partial charge in [-0.2, -0.15) is 5.26 Å². The Hall–Kier alpha value is -3.32. The molecule has 2 aromatic carbocycles. The minimum absolute atomic E-state index is 0.0163. The Labute approximate surface area is 195 Å². The first-order valence-electron chi connectivity index (χ1n) is 10.3. The molecule has 0 aromatic heterocycles. The first-order valence-corrected chi connectivity index (χ1v) is 11.1. The average Bonchev–Trinajstić information content (AvgIpc) is 2.78. The van der Waals surface area contributed by atoms with Gasteiger partial charge in [0, 0.05) is 37.3 Å². The average molecular weight is 501 g/mol. The highest BCUT2D eigenvalue weighted by Crippen LogP contribution is 2.37. The third kappa shape index (κ3) is 6.34. The molecule has 0 spiro atoms. The van der Waals surface area contributed by atoms with E-state index >= 15 is 0 Å². The topological polar surface area (TPSA) is 124 Å². The molecule has 0 unspecified atom stereocenters. The number of hydrogen-bond acceptors (Lipinski definition) is 7. The van der Waals surface area contributed by atoms with Gasteiger partial charge in [0.05, 0.1) is 20.6 Å². The molecule has 2 aromatic rings. The van der Waals surface area contributed by atoms with Gasteiger partial charge in [-0.05, 0) is 47.0 Å². The van der Waals surface area contributed by atoms with Gasteiger partial charge in [0.2, 0.25) is 5.91 Å². The third-order valence-electron chi connectivity index (χ3n) is 4.56. The fraction of sp³-hybridized carbons (Fsp3) is 0.364. The highest BCUT2D eigenvalue weighted by molar-refractivity contribution is 9.10. The monoisotopic (exact) mass is 500 g/mol. The van der Waals surface area contributed by atoms with Crippen molar-refractivity contribution in [3.05, 3.63) is 50.5 Å². The highest BCUT2D eigenvalue weighted by Gasteiger charge is 2.16. The zero-order valence-electron chi connectivity index (χ0n) is 18.3. The van der Waals surface area contributed by atoms with Crippen molar-refractivity contribution in [1.82, 2.24) is 0 Å². The summed E-state index contributed by atoms with van der Waals surface area (Å²) in [6.07, 6.45) is 2.29. The molecule has 168 valence electrons. The summed E-state index contributed by atoms with van der Waals surface area (Å²) < 4.78 is 0.278. The van der Waals surface area contributed by atoms with Crippen LogP contribution in [0.15, 0.2) is 45.0 Å². The molecule has 1 amide bonds. The van der Waals surface area contributed by atoms with E-state index in [4.69, 9.17) is 0 Å². The number of nitro benzene ring substituents is 1. The summed E-state index contributed by atoms with van der Waals surface area (Å²) >= 11 is 3.23. The van der Waals surface area contributed by atoms with Crippen LogP contribution in [0.2, 0.25) is 0 Å². The number of carbonyl (C=O) groups excluding carboxylic acids is 1. The van der Waals surface area contributed by atoms with E-state index in [9.17, 15) is 20.2 Å². The number of anilines is 2. The van der Waals surface area contributed by atoms with E-state index in [1.54, 1.807) is 13.0 Å². The van der Waals surface area contributed by atoms with Crippen molar-refractivity contribution in [2.45, 2.75) is 40.0 Å². The summed E-state index contributed by atoms with van der Waals surface area (Å²) in [6, 6.07) is 9.87. The number of nitriles is 1. The third-order valence-corrected chi connectivity index (χ3v) is 5.17. The molecule has 0 aliphatic rings. The molecule has 32 heavy (non-hydrogen) atoms. The van der Waals surface area contributed by atoms with Gasteiger partial charge in [-0.15, -0.1) is 10.2 Å². The predicted octanol–water partition coefficient (Wildman–Crippen LogP) is 6.62. The zero-order chi connectivity index (χ0) is 23.7. The molecule has 0 fully saturated rings. The molecule has 0 bridgehead atoms. The van der Waals surface area contributed by atoms with Gasteiger partial charge in [0.15, 0.2) is 0 Å². The maximum absolute atomic E-state index is 12.1. The van der Waals surface area contributed by atoms with Crippen molar-refractivity contribution in [3.8, 4) is 6.07 Å². The molecule has 0 aliphatic heterocycles. The van der Waals surface area contributed by atoms with Gasteiger partial charge in [-0.3, -0.25) is 14.9 Å². The lowest BCUT2D eigenvalue weighted by Crippen LogP contribution is -2.25. The van der Waals surface area contributed by atoms with Crippen molar-refractivity contribution in [2.24, 2.45) is 10.2 Å². The van der Waals surface area contributed by atoms with Crippen LogP contribution in [-0.4, -0.2) is 23.9 Å². The van der Waals surface area contributed by atoms with Crippen LogP contribution in [0.4, 0.5) is 28.4 Å². The SMILES string of the molecule is CCCN(CCC)c1ccc(N=Nc2c(Br)cc([N+](=O)[O-])cc2C#N)c(NC(=O)CC)c1. The Morgan fingerprint density at radius 1 is 1.19 bits per heavy atom. The largest absolute Gasteiger partial charge is 0.371 e. The Morgan fingerprint density at radius 3 is 2.44 bits per heavy atom. The molecule has 0 heterocycles. The summed E-state index contributed by atoms with van der Waals surface area (Å²) in [5.41, 5.74) is 1.86. The molecule has 10 heteroatoms. The van der Waals surface area contributed by atoms with E-state index in [-0.39, 0.29) is 27.3 Å². The lowest BCUT2D eigenvalue weighted by atomic mass is 10.2. The van der Waals surface area contributed by atoms with Crippen LogP contribution in [0.1, 0.15) is 45.6 Å². The number of nitrogens with one attached hydrogen (secondary N) is 1. The molecule has 1 N–H and O–H groups in total. The molecule has 2 rings (SSSR count). The number of nitro groups is 1. The van der Waals surface area contributed by atoms with Gasteiger partial charge >= 0.3 is 0 Å². The fourth-order valence-corrected chi connectivity index (χ4v) is 3.56. The smallest absolute Gasteiger partial charge is 0.272 e. The second kappa shape index (κ2) is 11.9. The predicted molar refractivity (Wildman–Crippen MR) is 128 cm³/mol. The van der Waals surface area contributed by atoms with Crippen LogP contribution in [0.25, 0.3) is 0 Å². The second-order valence-electron chi connectivity index (χ2n) is 6.98. The van der Waals surface area contributed by atoms with Gasteiger partial charge in [-0.1, -0.05) is 20.8 Å². The molecular formula is C22H25BrN6O3. The minimum atomic E-state index is -0.581. The first kappa shape index (κ1) is 24.9. The lowest BCUT2D eigenvalue weighted by molar-refractivity contribution is -0.384. The highest BCUT2D eigenvalue weighted by atomic mass is 79.9. The minimum Gasteiger partial charge on any atom is -0.371 e. The fourth-order valence-electron chi connectivity index (χ4n) is 3.04. The van der Waals surface area contributed by atoms with E-state index in [1.807, 2.05) is 18.2 Å². The summed E-state index contributed by atoms with van der Waals surface area (Å²) in [5.74, 6) is -0.162. The summed E-state index contributed by atoms with van der Waals surface area (Å²) in [7, 11) is 0. The second-order valence-corrected chi connectivity index (χ2v) is 7.84. The Morgan fingerprint density at radius 2 is 1.88 bits per heavy atom. The van der Waals surface area contributed by atoms with Crippen molar-refractivity contribution in [1.29, 1.82) is 5.26 Å². The molecule has 0 atom stereocenters. The standard InChI is InChI=1S/C22H25BrN6O3/c1-4-9-28(10-5-2)16-7-8-19(20(13-16)25-21(30)6-3)26-27-22-15(14-24)11-17(29(31)32)12-18(22)23/h7-8,11-13H,4-6,9-10H2,1-3H3,(H,25,30). The van der Waals surface area contributed by atoms with Crippen LogP contribution in [-0.2, 0) is 4.79 Å². The molecule has 0 saturated heterocycles. The summed E-state index contributed by atoms with van der Waals surface area (Å²) in [6.45, 7) is 7.75. The molecule has 0 radical (unpaired) electrons. The van der Waals surface area contributed by atoms with E-state index in [2.05, 4.69) is 50.2 Å². The number of azo groups is 1. The normalized spacial score (nSPS) is 10.7. The zero-order valence-corrected chi connectivity index (χ0v) is 19.8. The van der Waals surface area contributed by atoms with Crippen molar-refractivity contribution < 1.29 is 9.72 Å². The Kier molecular flexibility index (Phi) is 9.28. The number of nitrogens with zero attached hydrogens (tertiary/aromatic N) is 5. The van der Waals surface area contributed by atoms with E-state index < -0.39 is 4.92 Å². The van der Waals surface area contributed by atoms with Crippen molar-refractivity contribution in [2.75, 3.05) is 23.3 Å². The lowest BCUT2D eigenvalue weighted by Gasteiger charge is -2.24. The quantitative estimate of drug-likeness (QED) is 0.223. The van der Waals surface area contributed by atoms with Gasteiger partial charge < -0.3 is 10.2 Å². The number of amides is 1. The van der Waals surface area contributed by atoms with Crippen LogP contribution in [0.3, 0.4) is 0 Å². The Balaban J connectivity index is 2.50. The molecule has 0 saturated carbocycles. The van der Waals surface area contributed by atoms with E-state index in [0.29, 0.717) is 17.8 Å². The van der Waals surface area contributed by atoms with Gasteiger partial charge in [-0.25, -0.2) is 0 Å². The number of rotatable bonds is 10. The van der Waals surface area contributed by atoms with Crippen LogP contribution in [0, 0.1) is 21.4 Å². The number of halogens is 1. The van der Waals surface area contributed by atoms with E-state index in [1.165, 1.54) is 6.07 Å². The van der Waals surface area contributed by atoms with Crippen LogP contribution >= 0.6 is 15.9 Å². The van der Waals surface area contributed by atoms with Gasteiger partial charge in [0.1, 0.15) is 17.4 Å². The Bertz CT molecular complexity index is 1060. The summed E-state index contributed by atoms with van der Waals surface area (Å²) in [5, 5.41) is 31.7. The van der Waals surface area contributed by atoms with Crippen molar-refractivity contribution in [3.63, 3.8) is 0 Å². The maximum atomic E-state index is 12.1. The van der Waals surface area contributed by atoms with Crippen LogP contribution in [0.5, 0.6) is 0 Å². The van der Waals surface area contributed by atoms with E-state index in [0.717, 1.165) is 37.7 Å². The molecule has 9 nitrogen and oxygen atoms in total. The number of benzene rings is 2. The van der Waals surface area contributed by atoms with Gasteiger partial charge in [0.25, 0.3) is 5.69 Å². The number of non-ortho nitro benzene ring substituents is 1.